The molecule has 2 aliphatic rings. The van der Waals surface area contributed by atoms with Gasteiger partial charge in [0.15, 0.2) is 11.5 Å². The average Bonchev–Trinajstić information content (AvgIpc) is 3.14. The number of rotatable bonds is 4. The lowest BCUT2D eigenvalue weighted by atomic mass is 9.79. The zero-order chi connectivity index (χ0) is 19.8. The van der Waals surface area contributed by atoms with Crippen LogP contribution in [0.3, 0.4) is 0 Å². The number of anilines is 1. The Balaban J connectivity index is 1.99. The molecule has 1 aromatic carbocycles. The summed E-state index contributed by atoms with van der Waals surface area (Å²) in [5.41, 5.74) is 8.66. The number of pyridine rings is 1. The van der Waals surface area contributed by atoms with Crippen molar-refractivity contribution in [2.75, 3.05) is 12.5 Å². The number of benzene rings is 1. The Bertz CT molecular complexity index is 1010. The van der Waals surface area contributed by atoms with Crippen molar-refractivity contribution in [1.82, 2.24) is 4.98 Å². The summed E-state index contributed by atoms with van der Waals surface area (Å²) in [4.78, 5) is 15.8. The number of nitrogens with zero attached hydrogens (tertiary/aromatic N) is 3. The molecule has 1 atom stereocenters. The molecular weight excluding hydrogens is 360 g/mol. The maximum Gasteiger partial charge on any atom is 0.281 e. The number of nitriles is 1. The van der Waals surface area contributed by atoms with Crippen molar-refractivity contribution in [3.05, 3.63) is 39.1 Å². The Hall–Kier alpha value is -3.34. The highest BCUT2D eigenvalue weighted by molar-refractivity contribution is 5.86. The van der Waals surface area contributed by atoms with E-state index in [4.69, 9.17) is 15.2 Å². The van der Waals surface area contributed by atoms with E-state index in [0.717, 1.165) is 43.4 Å². The van der Waals surface area contributed by atoms with Crippen molar-refractivity contribution in [2.24, 2.45) is 5.92 Å². The van der Waals surface area contributed by atoms with Crippen molar-refractivity contribution < 1.29 is 14.4 Å². The average molecular weight is 380 g/mol. The van der Waals surface area contributed by atoms with Crippen LogP contribution in [0, 0.1) is 27.4 Å². The molecule has 2 N–H and O–H groups in total. The van der Waals surface area contributed by atoms with Crippen molar-refractivity contribution >= 4 is 11.5 Å². The highest BCUT2D eigenvalue weighted by Gasteiger charge is 2.31. The summed E-state index contributed by atoms with van der Waals surface area (Å²) < 4.78 is 10.7. The van der Waals surface area contributed by atoms with Crippen LogP contribution in [0.5, 0.6) is 11.5 Å². The Labute approximate surface area is 162 Å². The molecule has 2 aromatic rings. The maximum atomic E-state index is 11.8. The molecule has 144 valence electrons. The highest BCUT2D eigenvalue weighted by Crippen LogP contribution is 2.46. The molecule has 0 saturated carbocycles. The fourth-order valence-electron chi connectivity index (χ4n) is 4.20. The SMILES string of the molecule is CCCC1CCc2nc(N)c(C#N)c(-c3cc4c(cc3[N+](=O)[O-])OCO4)c2C1. The van der Waals surface area contributed by atoms with E-state index in [1.807, 2.05) is 0 Å². The van der Waals surface area contributed by atoms with Gasteiger partial charge >= 0.3 is 0 Å². The van der Waals surface area contributed by atoms with E-state index in [9.17, 15) is 15.4 Å². The van der Waals surface area contributed by atoms with Crippen LogP contribution in [0.25, 0.3) is 11.1 Å². The first kappa shape index (κ1) is 18.0. The van der Waals surface area contributed by atoms with Gasteiger partial charge in [0.2, 0.25) is 6.79 Å². The molecule has 1 aromatic heterocycles. The number of nitro groups is 1. The van der Waals surface area contributed by atoms with Crippen LogP contribution in [0.4, 0.5) is 11.5 Å². The van der Waals surface area contributed by atoms with E-state index in [-0.39, 0.29) is 23.9 Å². The maximum absolute atomic E-state index is 11.8. The fourth-order valence-corrected chi connectivity index (χ4v) is 4.20. The predicted molar refractivity (Wildman–Crippen MR) is 102 cm³/mol. The van der Waals surface area contributed by atoms with Gasteiger partial charge in [-0.05, 0) is 36.8 Å². The molecule has 0 saturated heterocycles. The van der Waals surface area contributed by atoms with Gasteiger partial charge in [0.05, 0.1) is 16.6 Å². The van der Waals surface area contributed by atoms with Gasteiger partial charge in [-0.2, -0.15) is 5.26 Å². The van der Waals surface area contributed by atoms with Crippen LogP contribution in [0.1, 0.15) is 43.0 Å². The predicted octanol–water partition coefficient (Wildman–Crippen LogP) is 3.74. The molecule has 0 bridgehead atoms. The minimum Gasteiger partial charge on any atom is -0.454 e. The number of hydrogen-bond donors (Lipinski definition) is 1. The summed E-state index contributed by atoms with van der Waals surface area (Å²) in [6.45, 7) is 2.15. The molecule has 1 aliphatic carbocycles. The summed E-state index contributed by atoms with van der Waals surface area (Å²) in [5.74, 6) is 1.32. The molecule has 0 fully saturated rings. The van der Waals surface area contributed by atoms with Crippen LogP contribution in [0.15, 0.2) is 12.1 Å². The zero-order valence-electron chi connectivity index (χ0n) is 15.5. The first-order valence-corrected chi connectivity index (χ1v) is 9.33. The van der Waals surface area contributed by atoms with Crippen LogP contribution in [-0.4, -0.2) is 16.7 Å². The summed E-state index contributed by atoms with van der Waals surface area (Å²) in [6.07, 6.45) is 4.61. The number of nitro benzene ring substituents is 1. The molecule has 8 heteroatoms. The lowest BCUT2D eigenvalue weighted by Crippen LogP contribution is -2.19. The number of fused-ring (bicyclic) bond motifs is 2. The number of aromatic nitrogens is 1. The molecule has 8 nitrogen and oxygen atoms in total. The molecular formula is C20H20N4O4. The Kier molecular flexibility index (Phi) is 4.51. The van der Waals surface area contributed by atoms with Crippen molar-refractivity contribution in [1.29, 1.82) is 5.26 Å². The second-order valence-corrected chi connectivity index (χ2v) is 7.16. The Morgan fingerprint density at radius 2 is 2.14 bits per heavy atom. The molecule has 4 rings (SSSR count). The molecule has 0 spiro atoms. The largest absolute Gasteiger partial charge is 0.454 e. The summed E-state index contributed by atoms with van der Waals surface area (Å²) >= 11 is 0. The first-order valence-electron chi connectivity index (χ1n) is 9.33. The number of ether oxygens (including phenoxy) is 2. The van der Waals surface area contributed by atoms with E-state index < -0.39 is 4.92 Å². The van der Waals surface area contributed by atoms with Gasteiger partial charge < -0.3 is 15.2 Å². The number of aryl methyl sites for hydroxylation is 1. The van der Waals surface area contributed by atoms with E-state index in [1.54, 1.807) is 6.07 Å². The van der Waals surface area contributed by atoms with Gasteiger partial charge in [-0.3, -0.25) is 10.1 Å². The van der Waals surface area contributed by atoms with Crippen molar-refractivity contribution in [3.63, 3.8) is 0 Å². The molecule has 1 unspecified atom stereocenters. The lowest BCUT2D eigenvalue weighted by Gasteiger charge is -2.27. The molecule has 0 amide bonds. The normalized spacial score (nSPS) is 17.1. The highest BCUT2D eigenvalue weighted by atomic mass is 16.7. The standard InChI is InChI=1S/C20H20N4O4/c1-2-3-11-4-5-15-12(6-11)19(14(9-21)20(22)23-15)13-7-17-18(28-10-27-17)8-16(13)24(25)26/h7-8,11H,2-6,10H2,1H3,(H2,22,23). The quantitative estimate of drug-likeness (QED) is 0.632. The molecule has 1 aliphatic heterocycles. The molecule has 28 heavy (non-hydrogen) atoms. The topological polar surface area (TPSA) is 124 Å². The van der Waals surface area contributed by atoms with Gasteiger partial charge in [0, 0.05) is 11.3 Å². The van der Waals surface area contributed by atoms with Gasteiger partial charge in [0.1, 0.15) is 17.5 Å². The summed E-state index contributed by atoms with van der Waals surface area (Å²) in [7, 11) is 0. The Morgan fingerprint density at radius 1 is 1.39 bits per heavy atom. The summed E-state index contributed by atoms with van der Waals surface area (Å²) in [6, 6.07) is 5.05. The van der Waals surface area contributed by atoms with Crippen LogP contribution >= 0.6 is 0 Å². The van der Waals surface area contributed by atoms with Crippen molar-refractivity contribution in [2.45, 2.75) is 39.0 Å². The van der Waals surface area contributed by atoms with Crippen LogP contribution in [0.2, 0.25) is 0 Å². The molecule has 2 heterocycles. The number of hydrogen-bond acceptors (Lipinski definition) is 7. The molecule has 0 radical (unpaired) electrons. The number of nitrogen functional groups attached to an aromatic ring is 1. The van der Waals surface area contributed by atoms with E-state index in [2.05, 4.69) is 18.0 Å². The lowest BCUT2D eigenvalue weighted by molar-refractivity contribution is -0.384. The second kappa shape index (κ2) is 7.00. The monoisotopic (exact) mass is 380 g/mol. The van der Waals surface area contributed by atoms with Gasteiger partial charge in [0.25, 0.3) is 5.69 Å². The van der Waals surface area contributed by atoms with Gasteiger partial charge in [-0.15, -0.1) is 0 Å². The van der Waals surface area contributed by atoms with Crippen molar-refractivity contribution in [3.8, 4) is 28.7 Å². The minimum absolute atomic E-state index is 0.0101. The van der Waals surface area contributed by atoms with Gasteiger partial charge in [-0.1, -0.05) is 19.8 Å². The third-order valence-corrected chi connectivity index (χ3v) is 5.46. The van der Waals surface area contributed by atoms with Gasteiger partial charge in [-0.25, -0.2) is 4.98 Å². The second-order valence-electron chi connectivity index (χ2n) is 7.16. The summed E-state index contributed by atoms with van der Waals surface area (Å²) in [5, 5.41) is 21.6. The third-order valence-electron chi connectivity index (χ3n) is 5.46. The first-order chi connectivity index (χ1) is 13.5. The number of nitrogens with two attached hydrogens (primary N) is 1. The van der Waals surface area contributed by atoms with Crippen LogP contribution in [-0.2, 0) is 12.8 Å². The smallest absolute Gasteiger partial charge is 0.281 e. The zero-order valence-corrected chi connectivity index (χ0v) is 15.5. The Morgan fingerprint density at radius 3 is 2.82 bits per heavy atom. The van der Waals surface area contributed by atoms with E-state index in [0.29, 0.717) is 28.5 Å². The van der Waals surface area contributed by atoms with E-state index in [1.165, 1.54) is 6.07 Å². The fraction of sp³-hybridized carbons (Fsp3) is 0.400. The third kappa shape index (κ3) is 2.89. The van der Waals surface area contributed by atoms with Crippen LogP contribution < -0.4 is 15.2 Å². The van der Waals surface area contributed by atoms with E-state index >= 15 is 0 Å². The minimum atomic E-state index is -0.464.